The molecule has 10 heteroatoms. The molecular formula is C30H17ClF2N4O2S. The average molecular weight is 571 g/mol. The number of para-hydroxylation sites is 1. The Labute approximate surface area is 234 Å². The standard InChI is InChI=1S/C30H17ClF2N4O2S/c31-28-22(12-17-4-1-2-7-23(17)34-28)26-14-24(16-5-3-6-19(32)10-16)36-37(26)30-35-25(15-40-30)21-13-18-11-20(33)8-9-27(18)39-29(21)38/h1-13,15,26H,14H2. The molecule has 0 saturated heterocycles. The van der Waals surface area contributed by atoms with Crippen LogP contribution in [0.1, 0.15) is 23.6 Å². The van der Waals surface area contributed by atoms with Crippen LogP contribution >= 0.6 is 22.9 Å². The Morgan fingerprint density at radius 2 is 1.77 bits per heavy atom. The van der Waals surface area contributed by atoms with Crippen LogP contribution in [0.5, 0.6) is 0 Å². The third kappa shape index (κ3) is 4.33. The monoisotopic (exact) mass is 570 g/mol. The number of benzene rings is 3. The second-order valence-corrected chi connectivity index (χ2v) is 10.5. The maximum atomic E-state index is 14.1. The van der Waals surface area contributed by atoms with Crippen LogP contribution in [0.4, 0.5) is 13.9 Å². The molecule has 0 bridgehead atoms. The highest BCUT2D eigenvalue weighted by atomic mass is 35.5. The molecule has 1 unspecified atom stereocenters. The average Bonchev–Trinajstić information content (AvgIpc) is 3.60. The van der Waals surface area contributed by atoms with Crippen molar-refractivity contribution in [2.75, 3.05) is 5.01 Å². The number of rotatable bonds is 4. The lowest BCUT2D eigenvalue weighted by Gasteiger charge is -2.22. The number of pyridine rings is 1. The van der Waals surface area contributed by atoms with Crippen LogP contribution in [-0.4, -0.2) is 15.7 Å². The summed E-state index contributed by atoms with van der Waals surface area (Å²) in [5.74, 6) is -0.803. The molecule has 40 heavy (non-hydrogen) atoms. The summed E-state index contributed by atoms with van der Waals surface area (Å²) in [5.41, 5.74) is 3.09. The number of nitrogens with zero attached hydrogens (tertiary/aromatic N) is 4. The van der Waals surface area contributed by atoms with E-state index in [1.54, 1.807) is 28.6 Å². The van der Waals surface area contributed by atoms with E-state index in [9.17, 15) is 13.6 Å². The molecule has 0 amide bonds. The topological polar surface area (TPSA) is 71.6 Å². The van der Waals surface area contributed by atoms with E-state index < -0.39 is 11.4 Å². The molecule has 3 aromatic heterocycles. The second kappa shape index (κ2) is 9.62. The lowest BCUT2D eigenvalue weighted by molar-refractivity contribution is 0.560. The van der Waals surface area contributed by atoms with Crippen molar-refractivity contribution in [3.05, 3.63) is 123 Å². The SMILES string of the molecule is O=c1oc2ccc(F)cc2cc1-c1csc(N2N=C(c3cccc(F)c3)CC2c2cc3ccccc3nc2Cl)n1. The fourth-order valence-corrected chi connectivity index (χ4v) is 5.98. The molecule has 0 aliphatic carbocycles. The van der Waals surface area contributed by atoms with Gasteiger partial charge in [0.05, 0.1) is 28.5 Å². The molecular weight excluding hydrogens is 554 g/mol. The Balaban J connectivity index is 1.34. The van der Waals surface area contributed by atoms with Gasteiger partial charge < -0.3 is 4.42 Å². The molecule has 0 radical (unpaired) electrons. The molecule has 196 valence electrons. The number of aromatic nitrogens is 2. The Morgan fingerprint density at radius 1 is 0.925 bits per heavy atom. The van der Waals surface area contributed by atoms with Crippen molar-refractivity contribution in [1.82, 2.24) is 9.97 Å². The lowest BCUT2D eigenvalue weighted by Crippen LogP contribution is -2.19. The number of anilines is 1. The van der Waals surface area contributed by atoms with E-state index in [1.165, 1.54) is 41.7 Å². The van der Waals surface area contributed by atoms with E-state index >= 15 is 0 Å². The summed E-state index contributed by atoms with van der Waals surface area (Å²) in [6, 6.07) is 21.0. The smallest absolute Gasteiger partial charge is 0.345 e. The van der Waals surface area contributed by atoms with E-state index in [1.807, 2.05) is 30.3 Å². The fourth-order valence-electron chi connectivity index (χ4n) is 4.88. The van der Waals surface area contributed by atoms with E-state index in [0.29, 0.717) is 39.1 Å². The van der Waals surface area contributed by atoms with Crippen LogP contribution in [-0.2, 0) is 0 Å². The minimum atomic E-state index is -0.584. The second-order valence-electron chi connectivity index (χ2n) is 9.33. The fraction of sp³-hybridized carbons (Fsp3) is 0.0667. The van der Waals surface area contributed by atoms with E-state index in [4.69, 9.17) is 26.1 Å². The first-order valence-electron chi connectivity index (χ1n) is 12.3. The largest absolute Gasteiger partial charge is 0.422 e. The van der Waals surface area contributed by atoms with Gasteiger partial charge in [-0.15, -0.1) is 11.3 Å². The molecule has 0 spiro atoms. The minimum Gasteiger partial charge on any atom is -0.422 e. The van der Waals surface area contributed by atoms with Crippen LogP contribution in [0.15, 0.2) is 98.6 Å². The molecule has 4 heterocycles. The highest BCUT2D eigenvalue weighted by Gasteiger charge is 2.34. The van der Waals surface area contributed by atoms with Crippen molar-refractivity contribution in [3.63, 3.8) is 0 Å². The van der Waals surface area contributed by atoms with Gasteiger partial charge in [-0.3, -0.25) is 0 Å². The Bertz CT molecular complexity index is 2040. The number of thiazole rings is 1. The van der Waals surface area contributed by atoms with Gasteiger partial charge >= 0.3 is 5.63 Å². The van der Waals surface area contributed by atoms with Gasteiger partial charge in [0, 0.05) is 33.7 Å². The molecule has 1 atom stereocenters. The highest BCUT2D eigenvalue weighted by molar-refractivity contribution is 7.14. The van der Waals surface area contributed by atoms with E-state index in [0.717, 1.165) is 16.5 Å². The van der Waals surface area contributed by atoms with Crippen molar-refractivity contribution in [2.45, 2.75) is 12.5 Å². The predicted molar refractivity (Wildman–Crippen MR) is 153 cm³/mol. The van der Waals surface area contributed by atoms with Gasteiger partial charge in [0.1, 0.15) is 22.4 Å². The number of halogens is 3. The summed E-state index contributed by atoms with van der Waals surface area (Å²) in [5, 5.41) is 10.5. The van der Waals surface area contributed by atoms with Gasteiger partial charge in [-0.1, -0.05) is 41.9 Å². The lowest BCUT2D eigenvalue weighted by atomic mass is 9.98. The first kappa shape index (κ1) is 24.6. The zero-order valence-electron chi connectivity index (χ0n) is 20.5. The van der Waals surface area contributed by atoms with Crippen molar-refractivity contribution >= 4 is 55.7 Å². The molecule has 0 fully saturated rings. The highest BCUT2D eigenvalue weighted by Crippen LogP contribution is 2.42. The first-order chi connectivity index (χ1) is 19.4. The van der Waals surface area contributed by atoms with E-state index in [-0.39, 0.29) is 23.0 Å². The summed E-state index contributed by atoms with van der Waals surface area (Å²) in [7, 11) is 0. The van der Waals surface area contributed by atoms with Crippen molar-refractivity contribution in [3.8, 4) is 11.3 Å². The number of hydrogen-bond donors (Lipinski definition) is 0. The molecule has 1 aliphatic heterocycles. The first-order valence-corrected chi connectivity index (χ1v) is 13.6. The van der Waals surface area contributed by atoms with Gasteiger partial charge in [0.2, 0.25) is 5.13 Å². The Hall–Kier alpha value is -4.47. The zero-order valence-corrected chi connectivity index (χ0v) is 22.1. The number of hydrazone groups is 1. The molecule has 0 N–H and O–H groups in total. The van der Waals surface area contributed by atoms with Crippen molar-refractivity contribution < 1.29 is 13.2 Å². The molecule has 7 rings (SSSR count). The van der Waals surface area contributed by atoms with Gasteiger partial charge in [0.25, 0.3) is 0 Å². The van der Waals surface area contributed by atoms with Crippen LogP contribution in [0.3, 0.4) is 0 Å². The Kier molecular flexibility index (Phi) is 5.91. The third-order valence-electron chi connectivity index (χ3n) is 6.79. The maximum Gasteiger partial charge on any atom is 0.345 e. The molecule has 6 nitrogen and oxygen atoms in total. The normalized spacial score (nSPS) is 15.2. The Morgan fingerprint density at radius 3 is 2.65 bits per heavy atom. The molecule has 0 saturated carbocycles. The summed E-state index contributed by atoms with van der Waals surface area (Å²) in [6.45, 7) is 0. The van der Waals surface area contributed by atoms with Crippen molar-refractivity contribution in [2.24, 2.45) is 5.10 Å². The van der Waals surface area contributed by atoms with Crippen LogP contribution in [0, 0.1) is 11.6 Å². The third-order valence-corrected chi connectivity index (χ3v) is 7.92. The number of hydrogen-bond acceptors (Lipinski definition) is 7. The van der Waals surface area contributed by atoms with Crippen molar-refractivity contribution in [1.29, 1.82) is 0 Å². The van der Waals surface area contributed by atoms with Crippen LogP contribution in [0.25, 0.3) is 33.1 Å². The quantitative estimate of drug-likeness (QED) is 0.160. The van der Waals surface area contributed by atoms with E-state index in [2.05, 4.69) is 4.98 Å². The predicted octanol–water partition coefficient (Wildman–Crippen LogP) is 7.75. The zero-order chi connectivity index (χ0) is 27.4. The molecule has 1 aliphatic rings. The van der Waals surface area contributed by atoms with Crippen LogP contribution < -0.4 is 10.6 Å². The van der Waals surface area contributed by atoms with Gasteiger partial charge in [0.15, 0.2) is 0 Å². The maximum absolute atomic E-state index is 14.1. The minimum absolute atomic E-state index is 0.205. The summed E-state index contributed by atoms with van der Waals surface area (Å²) in [4.78, 5) is 22.1. The number of fused-ring (bicyclic) bond motifs is 2. The van der Waals surface area contributed by atoms with Gasteiger partial charge in [-0.2, -0.15) is 5.10 Å². The summed E-state index contributed by atoms with van der Waals surface area (Å²) in [6.07, 6.45) is 0.426. The summed E-state index contributed by atoms with van der Waals surface area (Å²) >= 11 is 7.98. The van der Waals surface area contributed by atoms with Gasteiger partial charge in [-0.05, 0) is 48.5 Å². The van der Waals surface area contributed by atoms with Gasteiger partial charge in [-0.25, -0.2) is 28.6 Å². The summed E-state index contributed by atoms with van der Waals surface area (Å²) < 4.78 is 33.3. The molecule has 6 aromatic rings. The van der Waals surface area contributed by atoms with Crippen LogP contribution in [0.2, 0.25) is 5.15 Å². The molecule has 3 aromatic carbocycles.